The zero-order valence-corrected chi connectivity index (χ0v) is 20.8. The number of nitro benzene ring substituents is 1. The van der Waals surface area contributed by atoms with Crippen LogP contribution in [0.4, 0.5) is 5.69 Å². The Hall–Kier alpha value is -5.95. The Morgan fingerprint density at radius 2 is 1.29 bits per heavy atom. The third kappa shape index (κ3) is 7.13. The van der Waals surface area contributed by atoms with Crippen LogP contribution in [0.2, 0.25) is 0 Å². The van der Waals surface area contributed by atoms with Gasteiger partial charge in [0.1, 0.15) is 29.6 Å². The Kier molecular flexibility index (Phi) is 8.40. The maximum atomic E-state index is 12.5. The predicted octanol–water partition coefficient (Wildman–Crippen LogP) is 5.22. The number of aromatic carboxylic acids is 2. The number of phenols is 1. The highest BCUT2D eigenvalue weighted by molar-refractivity contribution is 6.03. The molecule has 4 aromatic carbocycles. The monoisotopic (exact) mass is 561 g/mol. The number of carboxylic acids is 2. The highest BCUT2D eigenvalue weighted by Crippen LogP contribution is 2.27. The van der Waals surface area contributed by atoms with Crippen LogP contribution in [0.25, 0.3) is 0 Å². The van der Waals surface area contributed by atoms with E-state index in [9.17, 15) is 39.8 Å². The van der Waals surface area contributed by atoms with Gasteiger partial charge in [-0.1, -0.05) is 6.07 Å². The first-order valence-electron chi connectivity index (χ1n) is 11.6. The zero-order chi connectivity index (χ0) is 29.5. The van der Waals surface area contributed by atoms with E-state index in [1.165, 1.54) is 36.4 Å². The summed E-state index contributed by atoms with van der Waals surface area (Å²) in [6.07, 6.45) is 0. The molecule has 41 heavy (non-hydrogen) atoms. The molecule has 13 heteroatoms. The van der Waals surface area contributed by atoms with Gasteiger partial charge in [-0.05, 0) is 72.3 Å². The van der Waals surface area contributed by atoms with E-state index < -0.39 is 39.6 Å². The van der Waals surface area contributed by atoms with E-state index in [-0.39, 0.29) is 23.7 Å². The fourth-order valence-electron chi connectivity index (χ4n) is 3.49. The molecule has 4 rings (SSSR count). The molecule has 0 fully saturated rings. The summed E-state index contributed by atoms with van der Waals surface area (Å²) in [5.41, 5.74) is -1.19. The fourth-order valence-corrected chi connectivity index (χ4v) is 3.49. The van der Waals surface area contributed by atoms with Crippen molar-refractivity contribution >= 4 is 23.6 Å². The van der Waals surface area contributed by atoms with Crippen LogP contribution in [-0.4, -0.2) is 38.2 Å². The average molecular weight is 561 g/mol. The number of benzene rings is 4. The molecule has 3 N–H and O–H groups in total. The number of carbonyl (C=O) groups is 3. The molecule has 0 bridgehead atoms. The van der Waals surface area contributed by atoms with Gasteiger partial charge in [0, 0.05) is 12.1 Å². The number of rotatable bonds is 11. The average Bonchev–Trinajstić information content (AvgIpc) is 2.95. The van der Waals surface area contributed by atoms with Gasteiger partial charge in [-0.25, -0.2) is 14.4 Å². The molecule has 0 unspecified atom stereocenters. The molecule has 0 aliphatic carbocycles. The zero-order valence-electron chi connectivity index (χ0n) is 20.8. The molecule has 0 spiro atoms. The Labute approximate surface area is 230 Å². The van der Waals surface area contributed by atoms with Gasteiger partial charge >= 0.3 is 17.9 Å². The van der Waals surface area contributed by atoms with Crippen molar-refractivity contribution in [2.75, 3.05) is 0 Å². The van der Waals surface area contributed by atoms with Gasteiger partial charge in [-0.3, -0.25) is 10.1 Å². The second kappa shape index (κ2) is 12.3. The van der Waals surface area contributed by atoms with E-state index in [2.05, 4.69) is 0 Å². The lowest BCUT2D eigenvalue weighted by Gasteiger charge is -2.10. The summed E-state index contributed by atoms with van der Waals surface area (Å²) < 4.78 is 10.9. The van der Waals surface area contributed by atoms with E-state index in [0.717, 1.165) is 24.3 Å². The predicted molar refractivity (Wildman–Crippen MR) is 138 cm³/mol. The lowest BCUT2D eigenvalue weighted by atomic mass is 10.1. The summed E-state index contributed by atoms with van der Waals surface area (Å²) in [6, 6.07) is 18.6. The highest BCUT2D eigenvalue weighted by atomic mass is 17.2. The number of carboxylic acid groups (broad SMARTS) is 2. The van der Waals surface area contributed by atoms with Gasteiger partial charge in [-0.15, -0.1) is 0 Å². The van der Waals surface area contributed by atoms with Crippen molar-refractivity contribution in [3.63, 3.8) is 0 Å². The van der Waals surface area contributed by atoms with Crippen LogP contribution in [0.15, 0.2) is 84.9 Å². The fraction of sp³-hybridized carbons (Fsp3) is 0.0357. The van der Waals surface area contributed by atoms with E-state index in [1.807, 2.05) is 0 Å². The van der Waals surface area contributed by atoms with Crippen molar-refractivity contribution in [1.29, 1.82) is 0 Å². The number of phenolic OH excluding ortho intramolecular Hbond substituents is 1. The number of hydrogen-bond donors (Lipinski definition) is 3. The van der Waals surface area contributed by atoms with Gasteiger partial charge in [0.15, 0.2) is 5.75 Å². The minimum Gasteiger partial charge on any atom is -0.508 e. The Balaban J connectivity index is 1.33. The standard InChI is InChI=1S/C28H19NO12/c30-18-3-1-16(24(14-18)27(33)34)15-38-41-22-10-8-20(9-11-22)39-19-4-6-21(7-5-19)40-28(35)25-13-17(29(36)37)2-12-23(25)26(31)32/h1-14,30H,15H2,(H,31,32)(H,33,34). The van der Waals surface area contributed by atoms with Crippen LogP contribution in [0, 0.1) is 10.1 Å². The largest absolute Gasteiger partial charge is 0.508 e. The van der Waals surface area contributed by atoms with E-state index in [4.69, 9.17) is 19.2 Å². The van der Waals surface area contributed by atoms with Crippen LogP contribution < -0.4 is 14.4 Å². The molecular weight excluding hydrogens is 542 g/mol. The van der Waals surface area contributed by atoms with Gasteiger partial charge in [0.2, 0.25) is 0 Å². The second-order valence-electron chi connectivity index (χ2n) is 8.22. The van der Waals surface area contributed by atoms with Crippen molar-refractivity contribution in [2.45, 2.75) is 6.61 Å². The van der Waals surface area contributed by atoms with Crippen LogP contribution in [-0.2, 0) is 11.5 Å². The van der Waals surface area contributed by atoms with Gasteiger partial charge in [-0.2, -0.15) is 4.89 Å². The normalized spacial score (nSPS) is 10.4. The molecule has 0 aliphatic heterocycles. The van der Waals surface area contributed by atoms with Crippen LogP contribution in [0.1, 0.15) is 36.6 Å². The molecule has 0 aromatic heterocycles. The van der Waals surface area contributed by atoms with Crippen LogP contribution >= 0.6 is 0 Å². The van der Waals surface area contributed by atoms with Gasteiger partial charge < -0.3 is 29.7 Å². The number of aromatic hydroxyl groups is 1. The molecule has 13 nitrogen and oxygen atoms in total. The molecule has 0 saturated carbocycles. The lowest BCUT2D eigenvalue weighted by molar-refractivity contribution is -0.384. The summed E-state index contributed by atoms with van der Waals surface area (Å²) in [6.45, 7) is -0.185. The molecule has 208 valence electrons. The first kappa shape index (κ1) is 28.1. The van der Waals surface area contributed by atoms with Crippen molar-refractivity contribution < 1.29 is 53.9 Å². The van der Waals surface area contributed by atoms with E-state index in [1.54, 1.807) is 24.3 Å². The minimum absolute atomic E-state index is 0.0470. The Bertz CT molecular complexity index is 1610. The van der Waals surface area contributed by atoms with Gasteiger partial charge in [0.25, 0.3) is 5.69 Å². The third-order valence-electron chi connectivity index (χ3n) is 5.45. The maximum Gasteiger partial charge on any atom is 0.344 e. The van der Waals surface area contributed by atoms with Crippen molar-refractivity contribution in [3.05, 3.63) is 117 Å². The SMILES string of the molecule is O=C(O)c1cc(O)ccc1COOc1ccc(Oc2ccc(OC(=O)c3cc([N+](=O)[O-])ccc3C(=O)O)cc2)cc1. The summed E-state index contributed by atoms with van der Waals surface area (Å²) >= 11 is 0. The molecule has 0 heterocycles. The second-order valence-corrected chi connectivity index (χ2v) is 8.22. The van der Waals surface area contributed by atoms with Crippen molar-refractivity contribution in [1.82, 2.24) is 0 Å². The summed E-state index contributed by atoms with van der Waals surface area (Å²) in [7, 11) is 0. The van der Waals surface area contributed by atoms with Crippen molar-refractivity contribution in [3.8, 4) is 28.7 Å². The molecule has 0 radical (unpaired) electrons. The lowest BCUT2D eigenvalue weighted by Crippen LogP contribution is -2.14. The summed E-state index contributed by atoms with van der Waals surface area (Å²) in [5.74, 6) is -2.80. The number of carbonyl (C=O) groups excluding carboxylic acids is 1. The molecule has 0 aliphatic rings. The first-order chi connectivity index (χ1) is 19.6. The number of nitro groups is 1. The number of non-ortho nitro benzene ring substituents is 1. The Morgan fingerprint density at radius 1 is 0.707 bits per heavy atom. The number of nitrogens with zero attached hydrogens (tertiary/aromatic N) is 1. The molecule has 4 aromatic rings. The number of ether oxygens (including phenoxy) is 2. The molecule has 0 amide bonds. The van der Waals surface area contributed by atoms with E-state index in [0.29, 0.717) is 22.8 Å². The molecule has 0 saturated heterocycles. The molecular formula is C28H19NO12. The number of esters is 1. The summed E-state index contributed by atoms with van der Waals surface area (Å²) in [4.78, 5) is 55.8. The molecule has 0 atom stereocenters. The van der Waals surface area contributed by atoms with E-state index >= 15 is 0 Å². The van der Waals surface area contributed by atoms with Crippen LogP contribution in [0.3, 0.4) is 0 Å². The topological polar surface area (TPSA) is 192 Å². The third-order valence-corrected chi connectivity index (χ3v) is 5.45. The number of hydrogen-bond acceptors (Lipinski definition) is 10. The summed E-state index contributed by atoms with van der Waals surface area (Å²) in [5, 5.41) is 39.0. The quantitative estimate of drug-likeness (QED) is 0.0712. The smallest absolute Gasteiger partial charge is 0.344 e. The van der Waals surface area contributed by atoms with Gasteiger partial charge in [0.05, 0.1) is 21.6 Å². The highest BCUT2D eigenvalue weighted by Gasteiger charge is 2.22. The first-order valence-corrected chi connectivity index (χ1v) is 11.6. The maximum absolute atomic E-state index is 12.5. The Morgan fingerprint density at radius 3 is 1.88 bits per heavy atom. The minimum atomic E-state index is -1.44. The van der Waals surface area contributed by atoms with Crippen molar-refractivity contribution in [2.24, 2.45) is 0 Å². The van der Waals surface area contributed by atoms with Crippen LogP contribution in [0.5, 0.6) is 28.7 Å².